The predicted molar refractivity (Wildman–Crippen MR) is 122 cm³/mol. The van der Waals surface area contributed by atoms with Gasteiger partial charge in [-0.2, -0.15) is 0 Å². The molecule has 154 valence electrons. The van der Waals surface area contributed by atoms with Crippen LogP contribution >= 0.6 is 11.3 Å². The van der Waals surface area contributed by atoms with E-state index in [1.54, 1.807) is 12.1 Å². The zero-order valence-electron chi connectivity index (χ0n) is 16.9. The van der Waals surface area contributed by atoms with Crippen molar-refractivity contribution in [2.24, 2.45) is 0 Å². The van der Waals surface area contributed by atoms with Crippen LogP contribution < -0.4 is 4.90 Å². The first-order valence-corrected chi connectivity index (χ1v) is 11.5. The van der Waals surface area contributed by atoms with Gasteiger partial charge in [0.05, 0.1) is 16.8 Å². The summed E-state index contributed by atoms with van der Waals surface area (Å²) in [7, 11) is 0. The molecule has 0 spiro atoms. The lowest BCUT2D eigenvalue weighted by Gasteiger charge is -2.36. The van der Waals surface area contributed by atoms with Gasteiger partial charge in [0.1, 0.15) is 0 Å². The SMILES string of the molecule is O=C1c2ccccc2C(=O)N1CCCCN1CCN(c2csc3ccccc23)CC1. The largest absolute Gasteiger partial charge is 0.368 e. The molecule has 2 aromatic carbocycles. The molecule has 3 heterocycles. The van der Waals surface area contributed by atoms with E-state index in [1.807, 2.05) is 23.5 Å². The Hall–Kier alpha value is -2.70. The van der Waals surface area contributed by atoms with E-state index < -0.39 is 0 Å². The zero-order chi connectivity index (χ0) is 20.5. The summed E-state index contributed by atoms with van der Waals surface area (Å²) < 4.78 is 1.35. The number of anilines is 1. The fraction of sp³-hybridized carbons (Fsp3) is 0.333. The number of carbonyl (C=O) groups excluding carboxylic acids is 2. The third-order valence-corrected chi connectivity index (χ3v) is 7.11. The van der Waals surface area contributed by atoms with Crippen LogP contribution in [0, 0.1) is 0 Å². The Morgan fingerprint density at radius 1 is 0.767 bits per heavy atom. The first kappa shape index (κ1) is 19.3. The minimum atomic E-state index is -0.146. The molecule has 0 unspecified atom stereocenters. The molecule has 0 bridgehead atoms. The standard InChI is InChI=1S/C24H25N3O2S/c28-23-18-7-1-2-8-19(18)24(29)27(23)12-6-5-11-25-13-15-26(16-14-25)21-17-30-22-10-4-3-9-20(21)22/h1-4,7-10,17H,5-6,11-16H2. The van der Waals surface area contributed by atoms with Gasteiger partial charge in [0.15, 0.2) is 0 Å². The van der Waals surface area contributed by atoms with Crippen LogP contribution in [0.4, 0.5) is 5.69 Å². The third kappa shape index (κ3) is 3.50. The number of benzene rings is 2. The van der Waals surface area contributed by atoms with E-state index in [0.717, 1.165) is 45.6 Å². The average Bonchev–Trinajstić information content (AvgIpc) is 3.32. The van der Waals surface area contributed by atoms with Crippen LogP contribution in [0.25, 0.3) is 10.1 Å². The molecule has 0 atom stereocenters. The van der Waals surface area contributed by atoms with E-state index in [2.05, 4.69) is 39.4 Å². The van der Waals surface area contributed by atoms with Crippen molar-refractivity contribution in [3.63, 3.8) is 0 Å². The van der Waals surface area contributed by atoms with E-state index in [0.29, 0.717) is 17.7 Å². The molecule has 30 heavy (non-hydrogen) atoms. The van der Waals surface area contributed by atoms with Gasteiger partial charge < -0.3 is 4.90 Å². The Labute approximate surface area is 180 Å². The summed E-state index contributed by atoms with van der Waals surface area (Å²) >= 11 is 1.82. The normalized spacial score (nSPS) is 17.2. The highest BCUT2D eigenvalue weighted by molar-refractivity contribution is 7.17. The van der Waals surface area contributed by atoms with Gasteiger partial charge in [-0.15, -0.1) is 11.3 Å². The van der Waals surface area contributed by atoms with Gasteiger partial charge in [0.2, 0.25) is 0 Å². The molecule has 5 rings (SSSR count). The molecule has 1 aromatic heterocycles. The minimum absolute atomic E-state index is 0.146. The maximum atomic E-state index is 12.4. The summed E-state index contributed by atoms with van der Waals surface area (Å²) in [6, 6.07) is 15.7. The van der Waals surface area contributed by atoms with E-state index >= 15 is 0 Å². The molecule has 1 saturated heterocycles. The first-order chi connectivity index (χ1) is 14.7. The van der Waals surface area contributed by atoms with Crippen LogP contribution in [0.15, 0.2) is 53.9 Å². The van der Waals surface area contributed by atoms with E-state index in [4.69, 9.17) is 0 Å². The number of carbonyl (C=O) groups is 2. The Kier molecular flexibility index (Phi) is 5.27. The monoisotopic (exact) mass is 419 g/mol. The summed E-state index contributed by atoms with van der Waals surface area (Å²) in [6.07, 6.45) is 1.84. The Bertz CT molecular complexity index is 1050. The van der Waals surface area contributed by atoms with Gasteiger partial charge in [-0.3, -0.25) is 19.4 Å². The van der Waals surface area contributed by atoms with Gasteiger partial charge in [-0.1, -0.05) is 30.3 Å². The van der Waals surface area contributed by atoms with Crippen LogP contribution in [0.3, 0.4) is 0 Å². The molecule has 1 fully saturated rings. The van der Waals surface area contributed by atoms with Crippen LogP contribution in [0.5, 0.6) is 0 Å². The maximum Gasteiger partial charge on any atom is 0.261 e. The van der Waals surface area contributed by atoms with E-state index in [1.165, 1.54) is 20.7 Å². The number of unbranched alkanes of at least 4 members (excludes halogenated alkanes) is 1. The van der Waals surface area contributed by atoms with Crippen molar-refractivity contribution in [2.45, 2.75) is 12.8 Å². The summed E-state index contributed by atoms with van der Waals surface area (Å²) in [5, 5.41) is 3.64. The Morgan fingerprint density at radius 2 is 1.40 bits per heavy atom. The molecular formula is C24H25N3O2S. The molecule has 0 N–H and O–H groups in total. The van der Waals surface area contributed by atoms with Crippen LogP contribution in [-0.4, -0.2) is 60.9 Å². The number of amides is 2. The average molecular weight is 420 g/mol. The van der Waals surface area contributed by atoms with Gasteiger partial charge in [0, 0.05) is 48.2 Å². The van der Waals surface area contributed by atoms with Gasteiger partial charge in [-0.25, -0.2) is 0 Å². The smallest absolute Gasteiger partial charge is 0.261 e. The van der Waals surface area contributed by atoms with Crippen molar-refractivity contribution in [3.05, 3.63) is 65.0 Å². The molecule has 2 amide bonds. The van der Waals surface area contributed by atoms with Crippen molar-refractivity contribution in [1.29, 1.82) is 0 Å². The minimum Gasteiger partial charge on any atom is -0.368 e. The van der Waals surface area contributed by atoms with Crippen molar-refractivity contribution >= 4 is 38.9 Å². The molecule has 0 radical (unpaired) electrons. The molecule has 0 aliphatic carbocycles. The molecular weight excluding hydrogens is 394 g/mol. The lowest BCUT2D eigenvalue weighted by molar-refractivity contribution is 0.0650. The Balaban J connectivity index is 1.08. The number of piperazine rings is 1. The van der Waals surface area contributed by atoms with E-state index in [9.17, 15) is 9.59 Å². The second-order valence-electron chi connectivity index (χ2n) is 7.96. The summed E-state index contributed by atoms with van der Waals surface area (Å²) in [4.78, 5) is 31.3. The zero-order valence-corrected chi connectivity index (χ0v) is 17.7. The molecule has 5 nitrogen and oxygen atoms in total. The molecule has 2 aliphatic rings. The van der Waals surface area contributed by atoms with Gasteiger partial charge in [0.25, 0.3) is 11.8 Å². The highest BCUT2D eigenvalue weighted by atomic mass is 32.1. The number of thiophene rings is 1. The number of hydrogen-bond donors (Lipinski definition) is 0. The van der Waals surface area contributed by atoms with Crippen molar-refractivity contribution in [3.8, 4) is 0 Å². The molecule has 0 saturated carbocycles. The van der Waals surface area contributed by atoms with Crippen molar-refractivity contribution < 1.29 is 9.59 Å². The number of fused-ring (bicyclic) bond motifs is 2. The summed E-state index contributed by atoms with van der Waals surface area (Å²) in [6.45, 7) is 5.71. The van der Waals surface area contributed by atoms with Gasteiger partial charge in [-0.05, 0) is 37.6 Å². The van der Waals surface area contributed by atoms with Crippen molar-refractivity contribution in [2.75, 3.05) is 44.2 Å². The fourth-order valence-corrected chi connectivity index (χ4v) is 5.44. The van der Waals surface area contributed by atoms with Crippen molar-refractivity contribution in [1.82, 2.24) is 9.80 Å². The predicted octanol–water partition coefficient (Wildman–Crippen LogP) is 4.10. The molecule has 3 aromatic rings. The summed E-state index contributed by atoms with van der Waals surface area (Å²) in [5.41, 5.74) is 2.44. The molecule has 2 aliphatic heterocycles. The highest BCUT2D eigenvalue weighted by Crippen LogP contribution is 2.33. The number of hydrogen-bond acceptors (Lipinski definition) is 5. The van der Waals surface area contributed by atoms with Gasteiger partial charge >= 0.3 is 0 Å². The topological polar surface area (TPSA) is 43.9 Å². The maximum absolute atomic E-state index is 12.4. The first-order valence-electron chi connectivity index (χ1n) is 10.6. The highest BCUT2D eigenvalue weighted by Gasteiger charge is 2.34. The second kappa shape index (κ2) is 8.20. The van der Waals surface area contributed by atoms with Crippen LogP contribution in [-0.2, 0) is 0 Å². The van der Waals surface area contributed by atoms with Crippen LogP contribution in [0.2, 0.25) is 0 Å². The second-order valence-corrected chi connectivity index (χ2v) is 8.87. The quantitative estimate of drug-likeness (QED) is 0.446. The Morgan fingerprint density at radius 3 is 2.13 bits per heavy atom. The number of imide groups is 1. The lowest BCUT2D eigenvalue weighted by Crippen LogP contribution is -2.46. The third-order valence-electron chi connectivity index (χ3n) is 6.16. The fourth-order valence-electron chi connectivity index (χ4n) is 4.47. The lowest BCUT2D eigenvalue weighted by atomic mass is 10.1. The summed E-state index contributed by atoms with van der Waals surface area (Å²) in [5.74, 6) is -0.292. The number of rotatable bonds is 6. The molecule has 6 heteroatoms. The number of nitrogens with zero attached hydrogens (tertiary/aromatic N) is 3. The van der Waals surface area contributed by atoms with Crippen LogP contribution in [0.1, 0.15) is 33.6 Å². The van der Waals surface area contributed by atoms with E-state index in [-0.39, 0.29) is 11.8 Å².